The zero-order chi connectivity index (χ0) is 26.0. The van der Waals surface area contributed by atoms with Crippen molar-refractivity contribution < 1.29 is 14.3 Å². The number of amides is 1. The quantitative estimate of drug-likeness (QED) is 0.110. The standard InChI is InChI=1S/C30H26BrIN2O3/c1-2-36-27-18-22(17-26(32)29(27)37-20-21-13-15-25(31)16-14-21)19-33-34-30(35)28(23-9-5-3-6-10-23)24-11-7-4-8-12-24/h3-19,28H,2,20H2,1H3,(H,34,35)/b33-19+. The van der Waals surface area contributed by atoms with E-state index in [0.717, 1.165) is 30.3 Å². The van der Waals surface area contributed by atoms with Crippen LogP contribution in [0.25, 0.3) is 0 Å². The number of carbonyl (C=O) groups excluding carboxylic acids is 1. The Labute approximate surface area is 239 Å². The predicted octanol–water partition coefficient (Wildman–Crippen LogP) is 7.31. The SMILES string of the molecule is CCOc1cc(/C=N/NC(=O)C(c2ccccc2)c2ccccc2)cc(I)c1OCc1ccc(Br)cc1. The molecule has 4 aromatic carbocycles. The lowest BCUT2D eigenvalue weighted by Gasteiger charge is -2.16. The average molecular weight is 669 g/mol. The lowest BCUT2D eigenvalue weighted by molar-refractivity contribution is -0.121. The molecule has 5 nitrogen and oxygen atoms in total. The third-order valence-electron chi connectivity index (χ3n) is 5.54. The van der Waals surface area contributed by atoms with Crippen molar-refractivity contribution in [3.05, 3.63) is 127 Å². The smallest absolute Gasteiger partial charge is 0.252 e. The number of nitrogens with one attached hydrogen (secondary N) is 1. The monoisotopic (exact) mass is 668 g/mol. The van der Waals surface area contributed by atoms with Crippen molar-refractivity contribution in [2.75, 3.05) is 6.61 Å². The average Bonchev–Trinajstić information content (AvgIpc) is 2.91. The van der Waals surface area contributed by atoms with E-state index < -0.39 is 5.92 Å². The first-order chi connectivity index (χ1) is 18.0. The molecule has 0 atom stereocenters. The molecule has 188 valence electrons. The van der Waals surface area contributed by atoms with Crippen molar-refractivity contribution in [3.8, 4) is 11.5 Å². The van der Waals surface area contributed by atoms with Crippen molar-refractivity contribution in [1.29, 1.82) is 0 Å². The van der Waals surface area contributed by atoms with Gasteiger partial charge in [-0.15, -0.1) is 0 Å². The largest absolute Gasteiger partial charge is 0.490 e. The zero-order valence-corrected chi connectivity index (χ0v) is 24.0. The second kappa shape index (κ2) is 13.4. The van der Waals surface area contributed by atoms with E-state index in [-0.39, 0.29) is 5.91 Å². The normalized spacial score (nSPS) is 11.0. The van der Waals surface area contributed by atoms with Crippen molar-refractivity contribution in [3.63, 3.8) is 0 Å². The van der Waals surface area contributed by atoms with Crippen LogP contribution in [0.5, 0.6) is 11.5 Å². The third kappa shape index (κ3) is 7.42. The minimum Gasteiger partial charge on any atom is -0.490 e. The molecule has 0 fully saturated rings. The first-order valence-electron chi connectivity index (χ1n) is 11.8. The van der Waals surface area contributed by atoms with E-state index >= 15 is 0 Å². The number of hydrazone groups is 1. The fourth-order valence-corrected chi connectivity index (χ4v) is 4.87. The van der Waals surface area contributed by atoms with Gasteiger partial charge in [-0.05, 0) is 76.0 Å². The van der Waals surface area contributed by atoms with Crippen LogP contribution in [-0.4, -0.2) is 18.7 Å². The summed E-state index contributed by atoms with van der Waals surface area (Å²) < 4.78 is 13.9. The maximum Gasteiger partial charge on any atom is 0.252 e. The highest BCUT2D eigenvalue weighted by atomic mass is 127. The number of hydrogen-bond acceptors (Lipinski definition) is 4. The molecule has 1 amide bonds. The Kier molecular flexibility index (Phi) is 9.73. The van der Waals surface area contributed by atoms with E-state index in [9.17, 15) is 4.79 Å². The van der Waals surface area contributed by atoms with Crippen molar-refractivity contribution >= 4 is 50.6 Å². The molecule has 0 radical (unpaired) electrons. The second-order valence-corrected chi connectivity index (χ2v) is 10.2. The molecule has 0 saturated heterocycles. The molecule has 0 unspecified atom stereocenters. The van der Waals surface area contributed by atoms with E-state index in [1.165, 1.54) is 0 Å². The van der Waals surface area contributed by atoms with Crippen LogP contribution in [-0.2, 0) is 11.4 Å². The fourth-order valence-electron chi connectivity index (χ4n) is 3.82. The summed E-state index contributed by atoms with van der Waals surface area (Å²) in [5, 5.41) is 4.26. The molecule has 0 bridgehead atoms. The van der Waals surface area contributed by atoms with Gasteiger partial charge in [-0.2, -0.15) is 5.10 Å². The summed E-state index contributed by atoms with van der Waals surface area (Å²) in [4.78, 5) is 13.2. The van der Waals surface area contributed by atoms with Crippen molar-refractivity contribution in [1.82, 2.24) is 5.43 Å². The molecule has 1 N–H and O–H groups in total. The minimum atomic E-state index is -0.465. The van der Waals surface area contributed by atoms with E-state index in [0.29, 0.717) is 24.7 Å². The number of carbonyl (C=O) groups is 1. The Hall–Kier alpha value is -3.17. The maximum absolute atomic E-state index is 13.2. The van der Waals surface area contributed by atoms with E-state index in [4.69, 9.17) is 9.47 Å². The summed E-state index contributed by atoms with van der Waals surface area (Å²) in [7, 11) is 0. The molecule has 0 aliphatic rings. The van der Waals surface area contributed by atoms with E-state index in [1.54, 1.807) is 6.21 Å². The van der Waals surface area contributed by atoms with Crippen LogP contribution < -0.4 is 14.9 Å². The van der Waals surface area contributed by atoms with Gasteiger partial charge in [0.2, 0.25) is 0 Å². The Morgan fingerprint density at radius 2 is 1.57 bits per heavy atom. The summed E-state index contributed by atoms with van der Waals surface area (Å²) >= 11 is 5.68. The van der Waals surface area contributed by atoms with Gasteiger partial charge in [0, 0.05) is 4.47 Å². The lowest BCUT2D eigenvalue weighted by Crippen LogP contribution is -2.26. The number of rotatable bonds is 10. The van der Waals surface area contributed by atoms with Crippen LogP contribution >= 0.6 is 38.5 Å². The van der Waals surface area contributed by atoms with Gasteiger partial charge in [0.25, 0.3) is 5.91 Å². The topological polar surface area (TPSA) is 59.9 Å². The first kappa shape index (κ1) is 26.9. The highest BCUT2D eigenvalue weighted by molar-refractivity contribution is 14.1. The van der Waals surface area contributed by atoms with Gasteiger partial charge in [0.1, 0.15) is 6.61 Å². The summed E-state index contributed by atoms with van der Waals surface area (Å²) in [6, 6.07) is 31.2. The maximum atomic E-state index is 13.2. The summed E-state index contributed by atoms with van der Waals surface area (Å²) in [6.45, 7) is 2.85. The molecule has 4 rings (SSSR count). The van der Waals surface area contributed by atoms with Crippen molar-refractivity contribution in [2.45, 2.75) is 19.4 Å². The van der Waals surface area contributed by atoms with Crippen molar-refractivity contribution in [2.24, 2.45) is 5.10 Å². The van der Waals surface area contributed by atoms with Crippen LogP contribution in [0.3, 0.4) is 0 Å². The van der Waals surface area contributed by atoms with Gasteiger partial charge >= 0.3 is 0 Å². The molecule has 0 aliphatic carbocycles. The first-order valence-corrected chi connectivity index (χ1v) is 13.7. The molecular formula is C30H26BrIN2O3. The van der Waals surface area contributed by atoms with Gasteiger partial charge in [-0.25, -0.2) is 5.43 Å². The summed E-state index contributed by atoms with van der Waals surface area (Å²) in [5.41, 5.74) is 6.37. The van der Waals surface area contributed by atoms with Gasteiger partial charge in [0.05, 0.1) is 22.3 Å². The Balaban J connectivity index is 1.50. The molecule has 0 spiro atoms. The molecule has 0 aromatic heterocycles. The molecule has 0 heterocycles. The minimum absolute atomic E-state index is 0.206. The van der Waals surface area contributed by atoms with Crippen LogP contribution in [0.4, 0.5) is 0 Å². The van der Waals surface area contributed by atoms with Gasteiger partial charge in [-0.1, -0.05) is 88.7 Å². The second-order valence-electron chi connectivity index (χ2n) is 8.17. The van der Waals surface area contributed by atoms with E-state index in [1.807, 2.05) is 104 Å². The molecule has 4 aromatic rings. The summed E-state index contributed by atoms with van der Waals surface area (Å²) in [5.74, 6) is 0.640. The van der Waals surface area contributed by atoms with Crippen LogP contribution in [0.2, 0.25) is 0 Å². The Morgan fingerprint density at radius 1 is 0.946 bits per heavy atom. The molecule has 7 heteroatoms. The molecular weight excluding hydrogens is 643 g/mol. The highest BCUT2D eigenvalue weighted by Crippen LogP contribution is 2.34. The highest BCUT2D eigenvalue weighted by Gasteiger charge is 2.22. The Morgan fingerprint density at radius 3 is 2.16 bits per heavy atom. The third-order valence-corrected chi connectivity index (χ3v) is 6.87. The summed E-state index contributed by atoms with van der Waals surface area (Å²) in [6.07, 6.45) is 1.62. The number of halogens is 2. The molecule has 0 aliphatic heterocycles. The molecule has 0 saturated carbocycles. The van der Waals surface area contributed by atoms with Gasteiger partial charge < -0.3 is 9.47 Å². The Bertz CT molecular complexity index is 1310. The lowest BCUT2D eigenvalue weighted by atomic mass is 9.91. The van der Waals surface area contributed by atoms with E-state index in [2.05, 4.69) is 49.0 Å². The van der Waals surface area contributed by atoms with Gasteiger partial charge in [0.15, 0.2) is 11.5 Å². The van der Waals surface area contributed by atoms with Crippen LogP contribution in [0.15, 0.2) is 107 Å². The van der Waals surface area contributed by atoms with Crippen LogP contribution in [0.1, 0.15) is 35.1 Å². The van der Waals surface area contributed by atoms with Crippen LogP contribution in [0, 0.1) is 3.57 Å². The predicted molar refractivity (Wildman–Crippen MR) is 159 cm³/mol. The number of hydrogen-bond donors (Lipinski definition) is 1. The van der Waals surface area contributed by atoms with Gasteiger partial charge in [-0.3, -0.25) is 4.79 Å². The molecule has 37 heavy (non-hydrogen) atoms. The fraction of sp³-hybridized carbons (Fsp3) is 0.133. The number of nitrogens with zero attached hydrogens (tertiary/aromatic N) is 1. The number of ether oxygens (including phenoxy) is 2. The zero-order valence-electron chi connectivity index (χ0n) is 20.2. The number of benzene rings is 4.